The molecule has 1 amide bonds. The predicted octanol–water partition coefficient (Wildman–Crippen LogP) is 1.69. The van der Waals surface area contributed by atoms with E-state index in [9.17, 15) is 9.59 Å². The highest BCUT2D eigenvalue weighted by Crippen LogP contribution is 2.49. The van der Waals surface area contributed by atoms with Crippen molar-refractivity contribution >= 4 is 23.5 Å². The molecular formula is C18H23ClN2O4. The van der Waals surface area contributed by atoms with Crippen LogP contribution in [0.3, 0.4) is 0 Å². The number of halogens is 1. The summed E-state index contributed by atoms with van der Waals surface area (Å²) >= 11 is 6.04. The molecule has 2 aliphatic rings. The Kier molecular flexibility index (Phi) is 5.61. The summed E-state index contributed by atoms with van der Waals surface area (Å²) in [5.74, 6) is -0.427. The standard InChI is InChI=1S/C18H23ClN2O4/c1-20(11-17(22)23)9-14-10-21(5-6-25-14)18(24)16-8-15(16)12-3-2-4-13(19)7-12/h2-4,7,14-16H,5-6,8-11H2,1H3,(H,22,23)/t14-,15+,16-/m1/s1. The van der Waals surface area contributed by atoms with Crippen LogP contribution in [0.15, 0.2) is 24.3 Å². The third-order valence-corrected chi connectivity index (χ3v) is 4.99. The SMILES string of the molecule is CN(CC(=O)O)C[C@@H]1CN(C(=O)[C@@H]2C[C@H]2c2cccc(Cl)c2)CCO1. The fraction of sp³-hybridized carbons (Fsp3) is 0.556. The van der Waals surface area contributed by atoms with Gasteiger partial charge in [0, 0.05) is 30.6 Å². The lowest BCUT2D eigenvalue weighted by Gasteiger charge is -2.34. The molecule has 3 rings (SSSR count). The van der Waals surface area contributed by atoms with Gasteiger partial charge >= 0.3 is 5.97 Å². The zero-order valence-electron chi connectivity index (χ0n) is 14.2. The Balaban J connectivity index is 1.53. The summed E-state index contributed by atoms with van der Waals surface area (Å²) in [5, 5.41) is 9.53. The van der Waals surface area contributed by atoms with E-state index in [1.54, 1.807) is 11.9 Å². The fourth-order valence-electron chi connectivity index (χ4n) is 3.48. The largest absolute Gasteiger partial charge is 0.480 e. The molecule has 1 heterocycles. The molecule has 0 radical (unpaired) electrons. The van der Waals surface area contributed by atoms with Gasteiger partial charge in [-0.3, -0.25) is 14.5 Å². The van der Waals surface area contributed by atoms with E-state index in [0.717, 1.165) is 12.0 Å². The van der Waals surface area contributed by atoms with E-state index in [1.807, 2.05) is 29.2 Å². The van der Waals surface area contributed by atoms with Crippen LogP contribution in [0.4, 0.5) is 0 Å². The van der Waals surface area contributed by atoms with E-state index >= 15 is 0 Å². The number of carboxylic acid groups (broad SMARTS) is 1. The van der Waals surface area contributed by atoms with Crippen molar-refractivity contribution in [2.75, 3.05) is 39.8 Å². The normalized spacial score (nSPS) is 25.9. The average Bonchev–Trinajstić information content (AvgIpc) is 3.34. The number of amides is 1. The molecule has 1 aromatic rings. The summed E-state index contributed by atoms with van der Waals surface area (Å²) in [4.78, 5) is 27.1. The van der Waals surface area contributed by atoms with Crippen molar-refractivity contribution in [2.45, 2.75) is 18.4 Å². The van der Waals surface area contributed by atoms with Crippen LogP contribution in [0.5, 0.6) is 0 Å². The van der Waals surface area contributed by atoms with Gasteiger partial charge in [0.25, 0.3) is 0 Å². The molecule has 6 nitrogen and oxygen atoms in total. The summed E-state index contributed by atoms with van der Waals surface area (Å²) in [5.41, 5.74) is 1.12. The molecule has 1 aliphatic carbocycles. The lowest BCUT2D eigenvalue weighted by Crippen LogP contribution is -2.50. The molecule has 7 heteroatoms. The Morgan fingerprint density at radius 2 is 2.24 bits per heavy atom. The van der Waals surface area contributed by atoms with Crippen molar-refractivity contribution in [3.05, 3.63) is 34.9 Å². The number of morpholine rings is 1. The number of hydrogen-bond acceptors (Lipinski definition) is 4. The Morgan fingerprint density at radius 3 is 2.96 bits per heavy atom. The van der Waals surface area contributed by atoms with Crippen LogP contribution in [0.25, 0.3) is 0 Å². The third-order valence-electron chi connectivity index (χ3n) is 4.76. The zero-order chi connectivity index (χ0) is 18.0. The van der Waals surface area contributed by atoms with Crippen molar-refractivity contribution in [1.29, 1.82) is 0 Å². The molecule has 136 valence electrons. The number of nitrogens with zero attached hydrogens (tertiary/aromatic N) is 2. The molecular weight excluding hydrogens is 344 g/mol. The first-order valence-electron chi connectivity index (χ1n) is 8.50. The fourth-order valence-corrected chi connectivity index (χ4v) is 3.68. The van der Waals surface area contributed by atoms with Crippen molar-refractivity contribution in [3.8, 4) is 0 Å². The first-order valence-corrected chi connectivity index (χ1v) is 8.88. The maximum atomic E-state index is 12.8. The first kappa shape index (κ1) is 18.2. The molecule has 0 unspecified atom stereocenters. The van der Waals surface area contributed by atoms with Gasteiger partial charge in [0.15, 0.2) is 0 Å². The molecule has 1 saturated carbocycles. The van der Waals surface area contributed by atoms with Gasteiger partial charge in [0.2, 0.25) is 5.91 Å². The van der Waals surface area contributed by atoms with Crippen molar-refractivity contribution < 1.29 is 19.4 Å². The molecule has 0 spiro atoms. The summed E-state index contributed by atoms with van der Waals surface area (Å²) < 4.78 is 5.69. The minimum absolute atomic E-state index is 0.0222. The topological polar surface area (TPSA) is 70.1 Å². The van der Waals surface area contributed by atoms with Crippen LogP contribution < -0.4 is 0 Å². The van der Waals surface area contributed by atoms with Gasteiger partial charge in [-0.05, 0) is 37.1 Å². The third kappa shape index (κ3) is 4.71. The maximum Gasteiger partial charge on any atom is 0.317 e. The first-order chi connectivity index (χ1) is 11.9. The average molecular weight is 367 g/mol. The molecule has 0 aromatic heterocycles. The van der Waals surface area contributed by atoms with E-state index in [4.69, 9.17) is 21.4 Å². The van der Waals surface area contributed by atoms with Crippen LogP contribution in [-0.4, -0.2) is 72.7 Å². The molecule has 1 N–H and O–H groups in total. The molecule has 3 atom stereocenters. The van der Waals surface area contributed by atoms with Gasteiger partial charge in [0.1, 0.15) is 0 Å². The number of aliphatic carboxylic acids is 1. The van der Waals surface area contributed by atoms with Crippen LogP contribution in [-0.2, 0) is 14.3 Å². The number of carbonyl (C=O) groups is 2. The maximum absolute atomic E-state index is 12.8. The van der Waals surface area contributed by atoms with Crippen molar-refractivity contribution in [3.63, 3.8) is 0 Å². The second-order valence-corrected chi connectivity index (χ2v) is 7.31. The number of ether oxygens (including phenoxy) is 1. The summed E-state index contributed by atoms with van der Waals surface area (Å²) in [6, 6.07) is 7.71. The van der Waals surface area contributed by atoms with Crippen LogP contribution in [0.1, 0.15) is 17.9 Å². The minimum Gasteiger partial charge on any atom is -0.480 e. The highest BCUT2D eigenvalue weighted by atomic mass is 35.5. The molecule has 0 bridgehead atoms. The smallest absolute Gasteiger partial charge is 0.317 e. The quantitative estimate of drug-likeness (QED) is 0.829. The van der Waals surface area contributed by atoms with Gasteiger partial charge in [-0.2, -0.15) is 0 Å². The van der Waals surface area contributed by atoms with E-state index in [2.05, 4.69) is 0 Å². The zero-order valence-corrected chi connectivity index (χ0v) is 15.0. The van der Waals surface area contributed by atoms with E-state index in [0.29, 0.717) is 31.3 Å². The molecule has 2 fully saturated rings. The summed E-state index contributed by atoms with van der Waals surface area (Å²) in [7, 11) is 1.74. The number of benzene rings is 1. The van der Waals surface area contributed by atoms with Gasteiger partial charge in [0.05, 0.1) is 19.3 Å². The number of hydrogen-bond donors (Lipinski definition) is 1. The van der Waals surface area contributed by atoms with Crippen LogP contribution >= 0.6 is 11.6 Å². The summed E-state index contributed by atoms with van der Waals surface area (Å²) in [6.07, 6.45) is 0.713. The second-order valence-electron chi connectivity index (χ2n) is 6.87. The number of likely N-dealkylation sites (N-methyl/N-ethyl adjacent to an activating group) is 1. The number of carboxylic acids is 1. The van der Waals surface area contributed by atoms with Gasteiger partial charge in [-0.25, -0.2) is 0 Å². The highest BCUT2D eigenvalue weighted by molar-refractivity contribution is 6.30. The number of rotatable bonds is 6. The summed E-state index contributed by atoms with van der Waals surface area (Å²) in [6.45, 7) is 2.07. The van der Waals surface area contributed by atoms with E-state index in [1.165, 1.54) is 0 Å². The van der Waals surface area contributed by atoms with Gasteiger partial charge < -0.3 is 14.7 Å². The highest BCUT2D eigenvalue weighted by Gasteiger charge is 2.46. The Bertz CT molecular complexity index is 654. The molecule has 1 saturated heterocycles. The Morgan fingerprint density at radius 1 is 1.44 bits per heavy atom. The molecule has 1 aliphatic heterocycles. The van der Waals surface area contributed by atoms with Gasteiger partial charge in [-0.1, -0.05) is 23.7 Å². The van der Waals surface area contributed by atoms with Crippen molar-refractivity contribution in [1.82, 2.24) is 9.80 Å². The Labute approximate surface area is 152 Å². The van der Waals surface area contributed by atoms with Crippen molar-refractivity contribution in [2.24, 2.45) is 5.92 Å². The lowest BCUT2D eigenvalue weighted by atomic mass is 10.1. The minimum atomic E-state index is -0.867. The number of carbonyl (C=O) groups excluding carboxylic acids is 1. The molecule has 1 aromatic carbocycles. The van der Waals surface area contributed by atoms with E-state index in [-0.39, 0.29) is 30.4 Å². The Hall–Kier alpha value is -1.63. The van der Waals surface area contributed by atoms with Crippen LogP contribution in [0, 0.1) is 5.92 Å². The van der Waals surface area contributed by atoms with Gasteiger partial charge in [-0.15, -0.1) is 0 Å². The predicted molar refractivity (Wildman–Crippen MR) is 93.8 cm³/mol. The van der Waals surface area contributed by atoms with E-state index < -0.39 is 5.97 Å². The lowest BCUT2D eigenvalue weighted by molar-refractivity contribution is -0.143. The molecule has 25 heavy (non-hydrogen) atoms. The monoisotopic (exact) mass is 366 g/mol. The second kappa shape index (κ2) is 7.72. The van der Waals surface area contributed by atoms with Crippen LogP contribution in [0.2, 0.25) is 5.02 Å².